The highest BCUT2D eigenvalue weighted by Crippen LogP contribution is 2.38. The van der Waals surface area contributed by atoms with Crippen LogP contribution in [0, 0.1) is 34.5 Å². The molecule has 27 heavy (non-hydrogen) atoms. The van der Waals surface area contributed by atoms with Crippen LogP contribution in [0.2, 0.25) is 0 Å². The minimum Gasteiger partial charge on any atom is -0.461 e. The number of rotatable bonds is 5. The summed E-state index contributed by atoms with van der Waals surface area (Å²) in [6, 6.07) is 2.14. The third kappa shape index (κ3) is 5.03. The van der Waals surface area contributed by atoms with Gasteiger partial charge in [0.1, 0.15) is 6.10 Å². The second kappa shape index (κ2) is 9.39. The molecule has 0 atom stereocenters. The maximum atomic E-state index is 12.7. The highest BCUT2D eigenvalue weighted by Gasteiger charge is 2.48. The van der Waals surface area contributed by atoms with Gasteiger partial charge in [-0.1, -0.05) is 26.7 Å². The average molecular weight is 378 g/mol. The van der Waals surface area contributed by atoms with Gasteiger partial charge >= 0.3 is 5.97 Å². The van der Waals surface area contributed by atoms with Gasteiger partial charge in [0.15, 0.2) is 6.29 Å². The summed E-state index contributed by atoms with van der Waals surface area (Å²) in [4.78, 5) is 12.7. The van der Waals surface area contributed by atoms with Gasteiger partial charge in [-0.05, 0) is 63.2 Å². The highest BCUT2D eigenvalue weighted by molar-refractivity contribution is 5.80. The van der Waals surface area contributed by atoms with Crippen LogP contribution in [0.1, 0.15) is 78.1 Å². The first-order valence-electron chi connectivity index (χ1n) is 10.9. The highest BCUT2D eigenvalue weighted by atomic mass is 16.7. The lowest BCUT2D eigenvalue weighted by molar-refractivity contribution is -0.247. The van der Waals surface area contributed by atoms with E-state index in [-0.39, 0.29) is 25.6 Å². The van der Waals surface area contributed by atoms with Crippen LogP contribution < -0.4 is 0 Å². The Morgan fingerprint density at radius 2 is 1.70 bits per heavy atom. The molecule has 0 aromatic heterocycles. The molecule has 0 amide bonds. The third-order valence-electron chi connectivity index (χ3n) is 6.80. The molecule has 3 aliphatic rings. The van der Waals surface area contributed by atoms with Crippen LogP contribution >= 0.6 is 0 Å². The Morgan fingerprint density at radius 3 is 2.26 bits per heavy atom. The molecule has 0 aromatic rings. The maximum absolute atomic E-state index is 12.7. The van der Waals surface area contributed by atoms with E-state index in [1.807, 2.05) is 0 Å². The second-order valence-corrected chi connectivity index (χ2v) is 9.04. The molecule has 1 aliphatic heterocycles. The minimum absolute atomic E-state index is 0.0644. The van der Waals surface area contributed by atoms with Gasteiger partial charge in [-0.2, -0.15) is 5.26 Å². The van der Waals surface area contributed by atoms with Crippen LogP contribution in [-0.2, 0) is 19.0 Å². The fourth-order valence-electron chi connectivity index (χ4n) is 4.81. The Labute approximate surface area is 163 Å². The predicted molar refractivity (Wildman–Crippen MR) is 102 cm³/mol. The van der Waals surface area contributed by atoms with Crippen LogP contribution in [0.5, 0.6) is 0 Å². The van der Waals surface area contributed by atoms with Crippen LogP contribution in [-0.4, -0.2) is 31.6 Å². The molecule has 0 radical (unpaired) electrons. The molecule has 0 bridgehead atoms. The Morgan fingerprint density at radius 1 is 1.07 bits per heavy atom. The van der Waals surface area contributed by atoms with Crippen molar-refractivity contribution in [3.63, 3.8) is 0 Å². The van der Waals surface area contributed by atoms with Crippen LogP contribution in [0.25, 0.3) is 0 Å². The Hall–Kier alpha value is -1.12. The normalized spacial score (nSPS) is 40.1. The van der Waals surface area contributed by atoms with Crippen LogP contribution in [0.4, 0.5) is 0 Å². The molecule has 1 saturated heterocycles. The van der Waals surface area contributed by atoms with Crippen molar-refractivity contribution in [1.29, 1.82) is 5.26 Å². The van der Waals surface area contributed by atoms with Crippen molar-refractivity contribution in [2.24, 2.45) is 23.2 Å². The Bertz CT molecular complexity index is 519. The molecule has 152 valence electrons. The summed E-state index contributed by atoms with van der Waals surface area (Å²) in [5.41, 5.74) is -1.31. The van der Waals surface area contributed by atoms with Crippen molar-refractivity contribution in [2.45, 2.75) is 90.4 Å². The number of nitriles is 1. The summed E-state index contributed by atoms with van der Waals surface area (Å²) in [6.45, 7) is 4.65. The predicted octanol–water partition coefficient (Wildman–Crippen LogP) is 4.60. The third-order valence-corrected chi connectivity index (χ3v) is 6.80. The van der Waals surface area contributed by atoms with Crippen molar-refractivity contribution in [2.75, 3.05) is 13.2 Å². The van der Waals surface area contributed by atoms with E-state index < -0.39 is 11.4 Å². The SMILES string of the molecule is CCCC1CCC(C2OCC(C#N)(C(=O)OC3CCC(C)CC3)CO2)CC1. The number of esters is 1. The summed E-state index contributed by atoms with van der Waals surface area (Å²) in [5.74, 6) is 1.45. The van der Waals surface area contributed by atoms with E-state index in [9.17, 15) is 10.1 Å². The van der Waals surface area contributed by atoms with Crippen molar-refractivity contribution in [3.8, 4) is 6.07 Å². The smallest absolute Gasteiger partial charge is 0.331 e. The van der Waals surface area contributed by atoms with E-state index >= 15 is 0 Å². The van der Waals surface area contributed by atoms with Gasteiger partial charge in [-0.15, -0.1) is 0 Å². The molecule has 5 heteroatoms. The number of nitrogens with zero attached hydrogens (tertiary/aromatic N) is 1. The zero-order valence-electron chi connectivity index (χ0n) is 17.0. The molecule has 0 aromatic carbocycles. The van der Waals surface area contributed by atoms with Crippen molar-refractivity contribution >= 4 is 5.97 Å². The summed E-state index contributed by atoms with van der Waals surface area (Å²) >= 11 is 0. The molecule has 5 nitrogen and oxygen atoms in total. The first kappa shape index (κ1) is 20.6. The van der Waals surface area contributed by atoms with E-state index in [4.69, 9.17) is 14.2 Å². The molecule has 0 unspecified atom stereocenters. The van der Waals surface area contributed by atoms with E-state index in [1.165, 1.54) is 25.7 Å². The van der Waals surface area contributed by atoms with Gasteiger partial charge in [0, 0.05) is 5.92 Å². The summed E-state index contributed by atoms with van der Waals surface area (Å²) in [6.07, 6.45) is 10.8. The van der Waals surface area contributed by atoms with E-state index in [1.54, 1.807) is 0 Å². The van der Waals surface area contributed by atoms with Crippen molar-refractivity contribution in [3.05, 3.63) is 0 Å². The zero-order chi connectivity index (χ0) is 19.3. The molecular weight excluding hydrogens is 342 g/mol. The maximum Gasteiger partial charge on any atom is 0.331 e. The first-order chi connectivity index (χ1) is 13.1. The number of carbonyl (C=O) groups excluding carboxylic acids is 1. The van der Waals surface area contributed by atoms with Crippen molar-refractivity contribution < 1.29 is 19.0 Å². The van der Waals surface area contributed by atoms with Crippen LogP contribution in [0.15, 0.2) is 0 Å². The number of hydrogen-bond acceptors (Lipinski definition) is 5. The molecule has 3 fully saturated rings. The van der Waals surface area contributed by atoms with Gasteiger partial charge in [-0.3, -0.25) is 4.79 Å². The molecule has 2 saturated carbocycles. The second-order valence-electron chi connectivity index (χ2n) is 9.04. The molecule has 2 aliphatic carbocycles. The van der Waals surface area contributed by atoms with E-state index in [2.05, 4.69) is 19.9 Å². The lowest BCUT2D eigenvalue weighted by Crippen LogP contribution is -2.50. The summed E-state index contributed by atoms with van der Waals surface area (Å²) in [7, 11) is 0. The first-order valence-corrected chi connectivity index (χ1v) is 10.9. The molecular formula is C22H35NO4. The van der Waals surface area contributed by atoms with Gasteiger partial charge < -0.3 is 14.2 Å². The summed E-state index contributed by atoms with van der Waals surface area (Å²) < 4.78 is 17.5. The molecule has 0 N–H and O–H groups in total. The standard InChI is InChI=1S/C22H35NO4/c1-3-4-17-7-9-18(10-8-17)20-25-14-22(13-23,15-26-20)21(24)27-19-11-5-16(2)6-12-19/h16-20H,3-12,14-15H2,1-2H3. The minimum atomic E-state index is -1.31. The number of hydrogen-bond donors (Lipinski definition) is 0. The number of carbonyl (C=O) groups is 1. The topological polar surface area (TPSA) is 68.5 Å². The quantitative estimate of drug-likeness (QED) is 0.655. The zero-order valence-corrected chi connectivity index (χ0v) is 17.0. The fourth-order valence-corrected chi connectivity index (χ4v) is 4.81. The lowest BCUT2D eigenvalue weighted by Gasteiger charge is -2.40. The van der Waals surface area contributed by atoms with Gasteiger partial charge in [-0.25, -0.2) is 0 Å². The van der Waals surface area contributed by atoms with E-state index in [0.29, 0.717) is 11.8 Å². The monoisotopic (exact) mass is 377 g/mol. The average Bonchev–Trinajstić information content (AvgIpc) is 2.70. The van der Waals surface area contributed by atoms with Gasteiger partial charge in [0.05, 0.1) is 19.3 Å². The molecule has 3 rings (SSSR count). The molecule has 0 spiro atoms. The number of ether oxygens (including phenoxy) is 3. The lowest BCUT2D eigenvalue weighted by atomic mass is 9.79. The summed E-state index contributed by atoms with van der Waals surface area (Å²) in [5, 5.41) is 9.66. The fraction of sp³-hybridized carbons (Fsp3) is 0.909. The Kier molecular flexibility index (Phi) is 7.16. The molecule has 1 heterocycles. The Balaban J connectivity index is 1.48. The van der Waals surface area contributed by atoms with Crippen molar-refractivity contribution in [1.82, 2.24) is 0 Å². The van der Waals surface area contributed by atoms with Gasteiger partial charge in [0.25, 0.3) is 0 Å². The van der Waals surface area contributed by atoms with Crippen LogP contribution in [0.3, 0.4) is 0 Å². The largest absolute Gasteiger partial charge is 0.461 e. The van der Waals surface area contributed by atoms with Gasteiger partial charge in [0.2, 0.25) is 5.41 Å². The van der Waals surface area contributed by atoms with E-state index in [0.717, 1.165) is 44.4 Å².